The van der Waals surface area contributed by atoms with Gasteiger partial charge in [0.1, 0.15) is 0 Å². The Balaban J connectivity index is 0. The van der Waals surface area contributed by atoms with E-state index in [1.54, 1.807) is 0 Å². The second-order valence-electron chi connectivity index (χ2n) is 0.224. The molecule has 0 N–H and O–H groups in total. The van der Waals surface area contributed by atoms with Crippen molar-refractivity contribution >= 4 is 8.60 Å². The minimum absolute atomic E-state index is 0. The smallest absolute Gasteiger partial charge is 0 e. The number of hydrogen-bond donors (Lipinski definition) is 0. The first-order chi connectivity index (χ1) is 1.73. The zero-order chi connectivity index (χ0) is 3.58. The molecule has 1 radical (unpaired) electrons. The standard InChI is InChI=1S/Cu.O3P/c;1-4(2)3/q;-3. The van der Waals surface area contributed by atoms with Crippen molar-refractivity contribution in [1.82, 2.24) is 0 Å². The van der Waals surface area contributed by atoms with Crippen LogP contribution in [-0.2, 0) is 17.1 Å². The van der Waals surface area contributed by atoms with Crippen LogP contribution in [-0.4, -0.2) is 0 Å². The molecule has 0 aromatic carbocycles. The summed E-state index contributed by atoms with van der Waals surface area (Å²) in [5, 5.41) is 0. The third-order valence-electron chi connectivity index (χ3n) is 0. The Kier molecular flexibility index (Phi) is 8.96. The molecule has 0 saturated carbocycles. The van der Waals surface area contributed by atoms with Gasteiger partial charge >= 0.3 is 0 Å². The van der Waals surface area contributed by atoms with E-state index in [2.05, 4.69) is 0 Å². The summed E-state index contributed by atoms with van der Waals surface area (Å²) in [5.74, 6) is 0. The third kappa shape index (κ3) is 56.2. The molecule has 0 rings (SSSR count). The summed E-state index contributed by atoms with van der Waals surface area (Å²) in [6.45, 7) is 0. The Morgan fingerprint density at radius 1 is 1.00 bits per heavy atom. The predicted molar refractivity (Wildman–Crippen MR) is 6.92 cm³/mol. The molecule has 0 bridgehead atoms. The predicted octanol–water partition coefficient (Wildman–Crippen LogP) is -2.71. The van der Waals surface area contributed by atoms with E-state index in [0.29, 0.717) is 0 Å². The third-order valence-corrected chi connectivity index (χ3v) is 0. The van der Waals surface area contributed by atoms with Crippen molar-refractivity contribution in [1.29, 1.82) is 0 Å². The summed E-state index contributed by atoms with van der Waals surface area (Å²) >= 11 is 0. The van der Waals surface area contributed by atoms with Gasteiger partial charge in [-0.25, -0.2) is 0 Å². The van der Waals surface area contributed by atoms with Crippen LogP contribution in [0, 0.1) is 0 Å². The maximum atomic E-state index is 8.48. The minimum Gasteiger partial charge on any atom is -0.854 e. The van der Waals surface area contributed by atoms with E-state index >= 15 is 0 Å². The molecule has 0 saturated heterocycles. The van der Waals surface area contributed by atoms with Gasteiger partial charge in [-0.3, -0.25) is 0 Å². The summed E-state index contributed by atoms with van der Waals surface area (Å²) in [4.78, 5) is 25.4. The Hall–Kier alpha value is 0.829. The topological polar surface area (TPSA) is 69.2 Å². The van der Waals surface area contributed by atoms with Gasteiger partial charge in [-0.05, 0) is 0 Å². The molecule has 0 aromatic rings. The van der Waals surface area contributed by atoms with Gasteiger partial charge in [0.25, 0.3) is 0 Å². The van der Waals surface area contributed by atoms with Crippen LogP contribution in [0.3, 0.4) is 0 Å². The van der Waals surface area contributed by atoms with Crippen molar-refractivity contribution in [3.63, 3.8) is 0 Å². The molecule has 0 heterocycles. The largest absolute Gasteiger partial charge is 0.854 e. The second kappa shape index (κ2) is 4.83. The van der Waals surface area contributed by atoms with E-state index < -0.39 is 8.60 Å². The molecule has 5 heteroatoms. The molecule has 0 aliphatic heterocycles. The molecular weight excluding hydrogens is 143 g/mol. The molecule has 0 amide bonds. The van der Waals surface area contributed by atoms with E-state index in [0.717, 1.165) is 0 Å². The van der Waals surface area contributed by atoms with Gasteiger partial charge in [0.05, 0.1) is 0 Å². The van der Waals surface area contributed by atoms with E-state index in [1.165, 1.54) is 0 Å². The van der Waals surface area contributed by atoms with Crippen molar-refractivity contribution in [2.75, 3.05) is 0 Å². The zero-order valence-electron chi connectivity index (χ0n) is 1.97. The molecule has 0 atom stereocenters. The minimum atomic E-state index is -3.37. The van der Waals surface area contributed by atoms with Crippen molar-refractivity contribution < 1.29 is 31.7 Å². The molecule has 0 spiro atoms. The fourth-order valence-corrected chi connectivity index (χ4v) is 0. The molecule has 0 aromatic heterocycles. The van der Waals surface area contributed by atoms with Gasteiger partial charge in [-0.1, -0.05) is 0 Å². The summed E-state index contributed by atoms with van der Waals surface area (Å²) < 4.78 is 0. The summed E-state index contributed by atoms with van der Waals surface area (Å²) in [5.41, 5.74) is 0. The van der Waals surface area contributed by atoms with Crippen LogP contribution in [0.2, 0.25) is 0 Å². The summed E-state index contributed by atoms with van der Waals surface area (Å²) in [7, 11) is -3.37. The Morgan fingerprint density at radius 2 is 1.00 bits per heavy atom. The van der Waals surface area contributed by atoms with Crippen LogP contribution >= 0.6 is 8.60 Å². The molecule has 37 valence electrons. The maximum absolute atomic E-state index is 8.48. The van der Waals surface area contributed by atoms with Crippen LogP contribution in [0.25, 0.3) is 0 Å². The Labute approximate surface area is 41.1 Å². The Morgan fingerprint density at radius 3 is 1.00 bits per heavy atom. The molecular formula is CuO3P-3. The molecule has 0 aliphatic rings. The van der Waals surface area contributed by atoms with E-state index in [9.17, 15) is 0 Å². The molecule has 0 fully saturated rings. The summed E-state index contributed by atoms with van der Waals surface area (Å²) in [6, 6.07) is 0. The Bertz CT molecular complexity index is 11.6. The van der Waals surface area contributed by atoms with Crippen LogP contribution in [0.5, 0.6) is 0 Å². The first-order valence-corrected chi connectivity index (χ1v) is 1.64. The van der Waals surface area contributed by atoms with Gasteiger partial charge in [0.2, 0.25) is 0 Å². The molecule has 0 unspecified atom stereocenters. The number of rotatable bonds is 0. The van der Waals surface area contributed by atoms with E-state index in [-0.39, 0.29) is 17.1 Å². The van der Waals surface area contributed by atoms with Crippen molar-refractivity contribution in [3.05, 3.63) is 0 Å². The average Bonchev–Trinajstić information content (AvgIpc) is 0.811. The monoisotopic (exact) mass is 142 g/mol. The van der Waals surface area contributed by atoms with Gasteiger partial charge in [0, 0.05) is 17.1 Å². The van der Waals surface area contributed by atoms with Gasteiger partial charge in [0.15, 0.2) is 0 Å². The zero-order valence-corrected chi connectivity index (χ0v) is 3.81. The fourth-order valence-electron chi connectivity index (χ4n) is 0. The van der Waals surface area contributed by atoms with E-state index in [1.807, 2.05) is 0 Å². The maximum Gasteiger partial charge on any atom is 0 e. The number of hydrogen-bond acceptors (Lipinski definition) is 3. The fraction of sp³-hybridized carbons (Fsp3) is 0. The van der Waals surface area contributed by atoms with Crippen molar-refractivity contribution in [2.45, 2.75) is 0 Å². The summed E-state index contributed by atoms with van der Waals surface area (Å²) in [6.07, 6.45) is 0. The van der Waals surface area contributed by atoms with E-state index in [4.69, 9.17) is 14.7 Å². The first kappa shape index (κ1) is 9.27. The van der Waals surface area contributed by atoms with Crippen molar-refractivity contribution in [3.8, 4) is 0 Å². The van der Waals surface area contributed by atoms with Crippen LogP contribution in [0.4, 0.5) is 0 Å². The first-order valence-electron chi connectivity index (χ1n) is 0.548. The van der Waals surface area contributed by atoms with Crippen LogP contribution in [0.1, 0.15) is 0 Å². The quantitative estimate of drug-likeness (QED) is 0.273. The van der Waals surface area contributed by atoms with Gasteiger partial charge in [-0.15, -0.1) is 0 Å². The SMILES string of the molecule is [Cu].[O-]P([O-])[O-]. The second-order valence-corrected chi connectivity index (χ2v) is 0.671. The van der Waals surface area contributed by atoms with Crippen LogP contribution < -0.4 is 14.7 Å². The van der Waals surface area contributed by atoms with Gasteiger partial charge < -0.3 is 23.3 Å². The normalized spacial score (nSPS) is 7.20. The van der Waals surface area contributed by atoms with Gasteiger partial charge in [-0.2, -0.15) is 0 Å². The molecule has 5 heavy (non-hydrogen) atoms. The van der Waals surface area contributed by atoms with Crippen molar-refractivity contribution in [2.24, 2.45) is 0 Å². The molecule has 3 nitrogen and oxygen atoms in total. The average molecular weight is 143 g/mol. The molecule has 0 aliphatic carbocycles. The van der Waals surface area contributed by atoms with Crippen LogP contribution in [0.15, 0.2) is 0 Å².